The molecular weight excluding hydrogens is 472 g/mol. The zero-order valence-corrected chi connectivity index (χ0v) is 19.2. The average molecular weight is 493 g/mol. The first-order chi connectivity index (χ1) is 16.4. The van der Waals surface area contributed by atoms with Crippen molar-refractivity contribution in [2.45, 2.75) is 13.2 Å². The van der Waals surface area contributed by atoms with Gasteiger partial charge in [0, 0.05) is 12.1 Å². The second kappa shape index (κ2) is 11.3. The van der Waals surface area contributed by atoms with E-state index < -0.39 is 18.5 Å². The maximum atomic E-state index is 12.9. The largest absolute Gasteiger partial charge is 0.493 e. The average Bonchev–Trinajstić information content (AvgIpc) is 3.37. The molecule has 0 unspecified atom stereocenters. The highest BCUT2D eigenvalue weighted by Gasteiger charge is 2.21. The van der Waals surface area contributed by atoms with Gasteiger partial charge in [0.2, 0.25) is 0 Å². The lowest BCUT2D eigenvalue weighted by Crippen LogP contribution is -2.15. The van der Waals surface area contributed by atoms with Crippen molar-refractivity contribution in [3.63, 3.8) is 0 Å². The number of amides is 1. The number of esters is 1. The predicted octanol–water partition coefficient (Wildman–Crippen LogP) is 4.98. The van der Waals surface area contributed by atoms with Gasteiger partial charge in [0.05, 0.1) is 37.5 Å². The van der Waals surface area contributed by atoms with Crippen LogP contribution in [0.15, 0.2) is 47.8 Å². The van der Waals surface area contributed by atoms with E-state index in [1.807, 2.05) is 0 Å². The fourth-order valence-electron chi connectivity index (χ4n) is 2.96. The molecular formula is C23H21F2NO7S. The number of halogens is 2. The fourth-order valence-corrected chi connectivity index (χ4v) is 3.58. The van der Waals surface area contributed by atoms with E-state index in [-0.39, 0.29) is 35.1 Å². The third-order valence-electron chi connectivity index (χ3n) is 4.55. The number of anilines is 1. The Bertz CT molecular complexity index is 1150. The van der Waals surface area contributed by atoms with Crippen LogP contribution in [0.5, 0.6) is 23.0 Å². The first kappa shape index (κ1) is 24.8. The van der Waals surface area contributed by atoms with E-state index in [1.165, 1.54) is 63.0 Å². The molecule has 0 saturated heterocycles. The molecule has 0 atom stereocenters. The molecule has 1 amide bonds. The number of benzene rings is 2. The van der Waals surface area contributed by atoms with Gasteiger partial charge in [0.25, 0.3) is 5.91 Å². The number of rotatable bonds is 10. The van der Waals surface area contributed by atoms with Gasteiger partial charge in [-0.1, -0.05) is 12.1 Å². The van der Waals surface area contributed by atoms with Gasteiger partial charge in [-0.05, 0) is 29.1 Å². The number of nitrogens with one attached hydrogen (secondary N) is 1. The Kier molecular flexibility index (Phi) is 8.25. The van der Waals surface area contributed by atoms with E-state index in [0.717, 1.165) is 0 Å². The van der Waals surface area contributed by atoms with E-state index in [9.17, 15) is 18.4 Å². The Morgan fingerprint density at radius 1 is 0.941 bits per heavy atom. The number of alkyl halides is 2. The summed E-state index contributed by atoms with van der Waals surface area (Å²) in [4.78, 5) is 25.9. The summed E-state index contributed by atoms with van der Waals surface area (Å²) in [5.74, 6) is -0.682. The van der Waals surface area contributed by atoms with Crippen molar-refractivity contribution in [3.05, 3.63) is 63.8 Å². The molecule has 3 aromatic rings. The van der Waals surface area contributed by atoms with Crippen LogP contribution in [0.2, 0.25) is 0 Å². The number of hydrogen-bond acceptors (Lipinski definition) is 8. The van der Waals surface area contributed by atoms with Crippen LogP contribution in [-0.2, 0) is 11.3 Å². The topological polar surface area (TPSA) is 92.3 Å². The van der Waals surface area contributed by atoms with Crippen LogP contribution in [0, 0.1) is 0 Å². The summed E-state index contributed by atoms with van der Waals surface area (Å²) in [7, 11) is 4.14. The van der Waals surface area contributed by atoms with E-state index in [2.05, 4.69) is 10.1 Å². The van der Waals surface area contributed by atoms with Crippen LogP contribution in [0.3, 0.4) is 0 Å². The molecule has 8 nitrogen and oxygen atoms in total. The highest BCUT2D eigenvalue weighted by Crippen LogP contribution is 2.35. The second-order valence-electron chi connectivity index (χ2n) is 6.62. The van der Waals surface area contributed by atoms with Crippen LogP contribution in [-0.4, -0.2) is 39.8 Å². The summed E-state index contributed by atoms with van der Waals surface area (Å²) in [6.07, 6.45) is 0. The molecule has 3 rings (SSSR count). The summed E-state index contributed by atoms with van der Waals surface area (Å²) >= 11 is 1.24. The van der Waals surface area contributed by atoms with Gasteiger partial charge in [-0.3, -0.25) is 4.79 Å². The quantitative estimate of drug-likeness (QED) is 0.398. The summed E-state index contributed by atoms with van der Waals surface area (Å²) in [5.41, 5.74) is 0.669. The van der Waals surface area contributed by atoms with Crippen molar-refractivity contribution < 1.29 is 42.1 Å². The molecule has 1 heterocycles. The lowest BCUT2D eigenvalue weighted by Gasteiger charge is -2.15. The molecule has 1 aromatic heterocycles. The van der Waals surface area contributed by atoms with Gasteiger partial charge in [-0.2, -0.15) is 8.78 Å². The summed E-state index contributed by atoms with van der Waals surface area (Å²) in [6, 6.07) is 10.4. The molecule has 2 aromatic carbocycles. The minimum atomic E-state index is -3.01. The van der Waals surface area contributed by atoms with E-state index in [4.69, 9.17) is 18.9 Å². The zero-order chi connectivity index (χ0) is 24.7. The van der Waals surface area contributed by atoms with Gasteiger partial charge in [0.1, 0.15) is 6.61 Å². The number of thiophene rings is 1. The van der Waals surface area contributed by atoms with E-state index >= 15 is 0 Å². The minimum Gasteiger partial charge on any atom is -0.493 e. The van der Waals surface area contributed by atoms with Crippen molar-refractivity contribution in [2.75, 3.05) is 26.6 Å². The molecule has 0 saturated carbocycles. The Hall–Kier alpha value is -3.86. The molecule has 0 aliphatic rings. The maximum Gasteiger partial charge on any atom is 0.387 e. The molecule has 0 spiro atoms. The molecule has 180 valence electrons. The first-order valence-electron chi connectivity index (χ1n) is 9.76. The second-order valence-corrected chi connectivity index (χ2v) is 7.57. The van der Waals surface area contributed by atoms with Gasteiger partial charge < -0.3 is 29.0 Å². The third kappa shape index (κ3) is 5.93. The normalized spacial score (nSPS) is 10.5. The fraction of sp³-hybridized carbons (Fsp3) is 0.217. The molecule has 0 radical (unpaired) electrons. The van der Waals surface area contributed by atoms with Crippen LogP contribution >= 0.6 is 11.3 Å². The lowest BCUT2D eigenvalue weighted by atomic mass is 10.1. The monoisotopic (exact) mass is 493 g/mol. The van der Waals surface area contributed by atoms with Gasteiger partial charge in [-0.25, -0.2) is 4.79 Å². The Balaban J connectivity index is 1.83. The van der Waals surface area contributed by atoms with Gasteiger partial charge >= 0.3 is 12.6 Å². The van der Waals surface area contributed by atoms with Crippen molar-refractivity contribution >= 4 is 28.9 Å². The summed E-state index contributed by atoms with van der Waals surface area (Å²) in [6.45, 7) is -3.21. The SMILES string of the molecule is COc1cc(NC(=O)c2cccs2)c(C(=O)OCc2ccc(OC(F)F)c(OC)c2)cc1OC. The standard InChI is InChI=1S/C23H21F2NO7S/c1-29-17-9-13(6-7-16(17)33-23(24)25)12-32-22(28)14-10-18(30-2)19(31-3)11-15(14)26-21(27)20-5-4-8-34-20/h4-11,23H,12H2,1-3H3,(H,26,27). The number of carbonyl (C=O) groups is 2. The van der Waals surface area contributed by atoms with Crippen molar-refractivity contribution in [2.24, 2.45) is 0 Å². The molecule has 1 N–H and O–H groups in total. The predicted molar refractivity (Wildman–Crippen MR) is 121 cm³/mol. The van der Waals surface area contributed by atoms with Crippen LogP contribution < -0.4 is 24.3 Å². The molecule has 0 aliphatic heterocycles. The number of hydrogen-bond donors (Lipinski definition) is 1. The molecule has 0 bridgehead atoms. The molecule has 0 aliphatic carbocycles. The van der Waals surface area contributed by atoms with Crippen LogP contribution in [0.4, 0.5) is 14.5 Å². The molecule has 34 heavy (non-hydrogen) atoms. The highest BCUT2D eigenvalue weighted by atomic mass is 32.1. The first-order valence-corrected chi connectivity index (χ1v) is 10.6. The van der Waals surface area contributed by atoms with Crippen molar-refractivity contribution in [1.29, 1.82) is 0 Å². The smallest absolute Gasteiger partial charge is 0.387 e. The van der Waals surface area contributed by atoms with E-state index in [1.54, 1.807) is 17.5 Å². The van der Waals surface area contributed by atoms with Gasteiger partial charge in [-0.15, -0.1) is 11.3 Å². The number of methoxy groups -OCH3 is 3. The highest BCUT2D eigenvalue weighted by molar-refractivity contribution is 7.12. The Labute approximate surface area is 198 Å². The molecule has 11 heteroatoms. The lowest BCUT2D eigenvalue weighted by molar-refractivity contribution is -0.0512. The van der Waals surface area contributed by atoms with Crippen molar-refractivity contribution in [3.8, 4) is 23.0 Å². The van der Waals surface area contributed by atoms with Crippen LogP contribution in [0.1, 0.15) is 25.6 Å². The minimum absolute atomic E-state index is 0.0344. The number of ether oxygens (including phenoxy) is 5. The number of carbonyl (C=O) groups excluding carboxylic acids is 2. The summed E-state index contributed by atoms with van der Waals surface area (Å²) in [5, 5.41) is 4.44. The van der Waals surface area contributed by atoms with Gasteiger partial charge in [0.15, 0.2) is 23.0 Å². The zero-order valence-electron chi connectivity index (χ0n) is 18.4. The van der Waals surface area contributed by atoms with Crippen LogP contribution in [0.25, 0.3) is 0 Å². The summed E-state index contributed by atoms with van der Waals surface area (Å²) < 4.78 is 50.4. The third-order valence-corrected chi connectivity index (χ3v) is 5.42. The van der Waals surface area contributed by atoms with E-state index in [0.29, 0.717) is 16.2 Å². The maximum absolute atomic E-state index is 12.9. The van der Waals surface area contributed by atoms with Crippen molar-refractivity contribution in [1.82, 2.24) is 0 Å². The Morgan fingerprint density at radius 3 is 2.24 bits per heavy atom. The molecule has 0 fully saturated rings. The Morgan fingerprint density at radius 2 is 1.62 bits per heavy atom.